The highest BCUT2D eigenvalue weighted by Gasteiger charge is 2.20. The van der Waals surface area contributed by atoms with Crippen molar-refractivity contribution in [2.75, 3.05) is 6.61 Å². The molecule has 2 atom stereocenters. The van der Waals surface area contributed by atoms with E-state index in [4.69, 9.17) is 4.74 Å². The molecule has 0 saturated carbocycles. The fourth-order valence-corrected chi connectivity index (χ4v) is 2.43. The summed E-state index contributed by atoms with van der Waals surface area (Å²) in [5.41, 5.74) is 3.63. The predicted octanol–water partition coefficient (Wildman–Crippen LogP) is 3.72. The van der Waals surface area contributed by atoms with E-state index in [9.17, 15) is 5.11 Å². The zero-order valence-corrected chi connectivity index (χ0v) is 11.3. The van der Waals surface area contributed by atoms with Gasteiger partial charge in [0.25, 0.3) is 0 Å². The van der Waals surface area contributed by atoms with E-state index in [1.165, 1.54) is 16.7 Å². The molecule has 0 amide bonds. The summed E-state index contributed by atoms with van der Waals surface area (Å²) in [7, 11) is 0. The van der Waals surface area contributed by atoms with Crippen molar-refractivity contribution in [3.8, 4) is 11.1 Å². The minimum atomic E-state index is -0.592. The second-order valence-electron chi connectivity index (χ2n) is 5.13. The molecule has 1 fully saturated rings. The van der Waals surface area contributed by atoms with Crippen LogP contribution in [0.5, 0.6) is 0 Å². The number of benzene rings is 2. The maximum absolute atomic E-state index is 9.30. The lowest BCUT2D eigenvalue weighted by Crippen LogP contribution is -2.00. The van der Waals surface area contributed by atoms with Gasteiger partial charge in [-0.3, -0.25) is 0 Å². The molecule has 0 aliphatic carbocycles. The molecular formula is C18H18O2. The Morgan fingerprint density at radius 1 is 0.950 bits per heavy atom. The van der Waals surface area contributed by atoms with Crippen LogP contribution < -0.4 is 0 Å². The van der Waals surface area contributed by atoms with Gasteiger partial charge in [-0.1, -0.05) is 66.7 Å². The van der Waals surface area contributed by atoms with Gasteiger partial charge in [0.15, 0.2) is 6.29 Å². The zero-order valence-electron chi connectivity index (χ0n) is 11.3. The van der Waals surface area contributed by atoms with E-state index in [-0.39, 0.29) is 0 Å². The average molecular weight is 266 g/mol. The number of ether oxygens (including phenoxy) is 1. The maximum atomic E-state index is 9.30. The highest BCUT2D eigenvalue weighted by Crippen LogP contribution is 2.22. The third-order valence-electron chi connectivity index (χ3n) is 3.59. The highest BCUT2D eigenvalue weighted by atomic mass is 16.6. The summed E-state index contributed by atoms with van der Waals surface area (Å²) < 4.78 is 5.14. The molecule has 102 valence electrons. The summed E-state index contributed by atoms with van der Waals surface area (Å²) in [6.45, 7) is 0.611. The summed E-state index contributed by atoms with van der Waals surface area (Å²) >= 11 is 0. The summed E-state index contributed by atoms with van der Waals surface area (Å²) in [5.74, 6) is 0.318. The molecule has 20 heavy (non-hydrogen) atoms. The largest absolute Gasteiger partial charge is 0.368 e. The molecule has 0 radical (unpaired) electrons. The Morgan fingerprint density at radius 3 is 2.30 bits per heavy atom. The first-order valence-electron chi connectivity index (χ1n) is 6.94. The quantitative estimate of drug-likeness (QED) is 0.917. The minimum absolute atomic E-state index is 0.318. The summed E-state index contributed by atoms with van der Waals surface area (Å²) in [4.78, 5) is 0. The van der Waals surface area contributed by atoms with Crippen LogP contribution in [0.15, 0.2) is 60.7 Å². The number of hydrogen-bond acceptors (Lipinski definition) is 2. The molecular weight excluding hydrogens is 248 g/mol. The van der Waals surface area contributed by atoms with E-state index >= 15 is 0 Å². The van der Waals surface area contributed by atoms with Gasteiger partial charge in [0.05, 0.1) is 6.61 Å². The fraction of sp³-hybridized carbons (Fsp3) is 0.222. The van der Waals surface area contributed by atoms with E-state index in [0.717, 1.165) is 0 Å². The number of aliphatic hydroxyl groups excluding tert-OH is 1. The molecule has 1 aliphatic heterocycles. The molecule has 2 aromatic rings. The van der Waals surface area contributed by atoms with Crippen molar-refractivity contribution >= 4 is 6.08 Å². The Labute approximate surface area is 119 Å². The van der Waals surface area contributed by atoms with Crippen molar-refractivity contribution in [2.24, 2.45) is 5.92 Å². The lowest BCUT2D eigenvalue weighted by atomic mass is 10.0. The Kier molecular flexibility index (Phi) is 3.95. The van der Waals surface area contributed by atoms with Gasteiger partial charge in [-0.15, -0.1) is 0 Å². The molecule has 1 N–H and O–H groups in total. The lowest BCUT2D eigenvalue weighted by Gasteiger charge is -2.02. The van der Waals surface area contributed by atoms with Crippen LogP contribution in [0, 0.1) is 5.92 Å². The minimum Gasteiger partial charge on any atom is -0.368 e. The summed E-state index contributed by atoms with van der Waals surface area (Å²) in [6, 6.07) is 18.9. The fourth-order valence-electron chi connectivity index (χ4n) is 2.43. The van der Waals surface area contributed by atoms with Crippen molar-refractivity contribution in [3.63, 3.8) is 0 Å². The number of aliphatic hydroxyl groups is 1. The van der Waals surface area contributed by atoms with E-state index in [1.54, 1.807) is 0 Å². The van der Waals surface area contributed by atoms with Crippen molar-refractivity contribution in [2.45, 2.75) is 12.7 Å². The Hall–Kier alpha value is -1.90. The Balaban J connectivity index is 1.69. The van der Waals surface area contributed by atoms with Crippen molar-refractivity contribution < 1.29 is 9.84 Å². The van der Waals surface area contributed by atoms with Crippen LogP contribution in [-0.2, 0) is 4.74 Å². The Morgan fingerprint density at radius 2 is 1.65 bits per heavy atom. The predicted molar refractivity (Wildman–Crippen MR) is 81.0 cm³/mol. The van der Waals surface area contributed by atoms with E-state index in [2.05, 4.69) is 60.7 Å². The molecule has 0 bridgehead atoms. The van der Waals surface area contributed by atoms with Gasteiger partial charge in [-0.2, -0.15) is 0 Å². The van der Waals surface area contributed by atoms with Gasteiger partial charge in [-0.25, -0.2) is 0 Å². The van der Waals surface area contributed by atoms with Crippen LogP contribution in [-0.4, -0.2) is 18.0 Å². The topological polar surface area (TPSA) is 29.5 Å². The van der Waals surface area contributed by atoms with Crippen molar-refractivity contribution in [1.29, 1.82) is 0 Å². The SMILES string of the molecule is OC1C[C@@H](/C=C/c2ccc(-c3ccccc3)cc2)CO1. The van der Waals surface area contributed by atoms with Crippen LogP contribution in [0.25, 0.3) is 17.2 Å². The lowest BCUT2D eigenvalue weighted by molar-refractivity contribution is -0.0590. The third kappa shape index (κ3) is 3.16. The average Bonchev–Trinajstić information content (AvgIpc) is 2.92. The van der Waals surface area contributed by atoms with Gasteiger partial charge in [0.2, 0.25) is 0 Å². The van der Waals surface area contributed by atoms with Gasteiger partial charge < -0.3 is 9.84 Å². The van der Waals surface area contributed by atoms with Crippen LogP contribution in [0.3, 0.4) is 0 Å². The summed E-state index contributed by atoms with van der Waals surface area (Å²) in [5, 5.41) is 9.30. The molecule has 1 unspecified atom stereocenters. The van der Waals surface area contributed by atoms with Crippen LogP contribution in [0.4, 0.5) is 0 Å². The molecule has 2 heteroatoms. The molecule has 1 saturated heterocycles. The van der Waals surface area contributed by atoms with Crippen LogP contribution in [0.1, 0.15) is 12.0 Å². The second-order valence-corrected chi connectivity index (χ2v) is 5.13. The standard InChI is InChI=1S/C18H18O2/c19-18-12-15(13-20-18)7-6-14-8-10-17(11-9-14)16-4-2-1-3-5-16/h1-11,15,18-19H,12-13H2/b7-6+/t15-,18?/m1/s1. The third-order valence-corrected chi connectivity index (χ3v) is 3.59. The maximum Gasteiger partial charge on any atom is 0.155 e. The van der Waals surface area contributed by atoms with Crippen LogP contribution >= 0.6 is 0 Å². The number of hydrogen-bond donors (Lipinski definition) is 1. The smallest absolute Gasteiger partial charge is 0.155 e. The second kappa shape index (κ2) is 6.04. The number of rotatable bonds is 3. The van der Waals surface area contributed by atoms with Gasteiger partial charge in [-0.05, 0) is 16.7 Å². The molecule has 0 spiro atoms. The normalized spacial score (nSPS) is 22.4. The van der Waals surface area contributed by atoms with Crippen molar-refractivity contribution in [1.82, 2.24) is 0 Å². The first kappa shape index (κ1) is 13.1. The highest BCUT2D eigenvalue weighted by molar-refractivity contribution is 5.65. The first-order chi connectivity index (χ1) is 9.81. The first-order valence-corrected chi connectivity index (χ1v) is 6.94. The van der Waals surface area contributed by atoms with Gasteiger partial charge in [0, 0.05) is 12.3 Å². The molecule has 2 nitrogen and oxygen atoms in total. The molecule has 0 aromatic heterocycles. The van der Waals surface area contributed by atoms with Crippen molar-refractivity contribution in [3.05, 3.63) is 66.2 Å². The monoisotopic (exact) mass is 266 g/mol. The zero-order chi connectivity index (χ0) is 13.8. The summed E-state index contributed by atoms with van der Waals surface area (Å²) in [6.07, 6.45) is 4.32. The van der Waals surface area contributed by atoms with E-state index < -0.39 is 6.29 Å². The molecule has 3 rings (SSSR count). The van der Waals surface area contributed by atoms with Gasteiger partial charge >= 0.3 is 0 Å². The molecule has 1 heterocycles. The van der Waals surface area contributed by atoms with E-state index in [1.807, 2.05) is 6.07 Å². The molecule has 2 aromatic carbocycles. The van der Waals surface area contributed by atoms with E-state index in [0.29, 0.717) is 18.9 Å². The van der Waals surface area contributed by atoms with Gasteiger partial charge in [0.1, 0.15) is 0 Å². The molecule has 1 aliphatic rings. The van der Waals surface area contributed by atoms with Crippen LogP contribution in [0.2, 0.25) is 0 Å². The Bertz CT molecular complexity index is 572.